The predicted octanol–water partition coefficient (Wildman–Crippen LogP) is 7.16. The highest BCUT2D eigenvalue weighted by Crippen LogP contribution is 2.45. The maximum absolute atomic E-state index is 14.5. The Balaban J connectivity index is 1.33. The monoisotopic (exact) mass is 552 g/mol. The van der Waals surface area contributed by atoms with Gasteiger partial charge in [-0.05, 0) is 99.8 Å². The van der Waals surface area contributed by atoms with Crippen molar-refractivity contribution in [3.8, 4) is 11.3 Å². The molecule has 0 amide bonds. The number of likely N-dealkylation sites (tertiary alicyclic amines) is 2. The molecule has 0 saturated carbocycles. The Morgan fingerprint density at radius 2 is 1.80 bits per heavy atom. The Labute approximate surface area is 233 Å². The van der Waals surface area contributed by atoms with Crippen LogP contribution in [0.4, 0.5) is 13.2 Å². The van der Waals surface area contributed by atoms with Gasteiger partial charge in [0.05, 0.1) is 17.5 Å². The van der Waals surface area contributed by atoms with E-state index in [2.05, 4.69) is 57.7 Å². The van der Waals surface area contributed by atoms with E-state index in [4.69, 9.17) is 0 Å². The number of nitrogens with one attached hydrogen (secondary N) is 2. The summed E-state index contributed by atoms with van der Waals surface area (Å²) in [5.74, 6) is 0.665. The van der Waals surface area contributed by atoms with Crippen molar-refractivity contribution in [2.24, 2.45) is 5.92 Å². The molecule has 3 aromatic heterocycles. The van der Waals surface area contributed by atoms with E-state index in [-0.39, 0.29) is 11.8 Å². The summed E-state index contributed by atoms with van der Waals surface area (Å²) >= 11 is 0. The van der Waals surface area contributed by atoms with E-state index in [1.54, 1.807) is 12.4 Å². The van der Waals surface area contributed by atoms with Crippen LogP contribution in [0.3, 0.4) is 0 Å². The van der Waals surface area contributed by atoms with Gasteiger partial charge >= 0.3 is 6.18 Å². The van der Waals surface area contributed by atoms with E-state index in [0.29, 0.717) is 28.7 Å². The predicted molar refractivity (Wildman–Crippen MR) is 154 cm³/mol. The van der Waals surface area contributed by atoms with Gasteiger partial charge in [-0.1, -0.05) is 13.8 Å². The van der Waals surface area contributed by atoms with Crippen molar-refractivity contribution in [3.63, 3.8) is 0 Å². The Morgan fingerprint density at radius 3 is 2.48 bits per heavy atom. The molecule has 40 heavy (non-hydrogen) atoms. The van der Waals surface area contributed by atoms with Crippen LogP contribution in [0.15, 0.2) is 30.6 Å². The summed E-state index contributed by atoms with van der Waals surface area (Å²) in [6.07, 6.45) is 1.73. The van der Waals surface area contributed by atoms with Gasteiger partial charge in [-0.25, -0.2) is 4.98 Å². The SMILES string of the molecule is CC(C)c1c(-c2ccnc3[nH]ncc23)[nH]c2cc(C(F)(F)F)c(C3CCN(CC4CCN(C(C)C)C4)CC3)cc12. The topological polar surface area (TPSA) is 63.8 Å². The summed E-state index contributed by atoms with van der Waals surface area (Å²) in [6, 6.07) is 5.67. The van der Waals surface area contributed by atoms with Crippen molar-refractivity contribution in [1.82, 2.24) is 30.0 Å². The molecule has 0 spiro atoms. The van der Waals surface area contributed by atoms with Crippen LogP contribution in [-0.2, 0) is 6.18 Å². The maximum atomic E-state index is 14.5. The first-order valence-corrected chi connectivity index (χ1v) is 14.6. The first-order valence-electron chi connectivity index (χ1n) is 14.6. The van der Waals surface area contributed by atoms with Gasteiger partial charge in [0.15, 0.2) is 5.65 Å². The van der Waals surface area contributed by atoms with Gasteiger partial charge < -0.3 is 14.8 Å². The molecular formula is C31H39F3N6. The molecule has 2 aliphatic rings. The van der Waals surface area contributed by atoms with Crippen molar-refractivity contribution >= 4 is 21.9 Å². The van der Waals surface area contributed by atoms with Crippen LogP contribution >= 0.6 is 0 Å². The van der Waals surface area contributed by atoms with Crippen molar-refractivity contribution < 1.29 is 13.2 Å². The lowest BCUT2D eigenvalue weighted by Gasteiger charge is -2.34. The number of H-pyrrole nitrogens is 2. The van der Waals surface area contributed by atoms with Crippen molar-refractivity contribution in [2.75, 3.05) is 32.7 Å². The molecule has 1 aromatic carbocycles. The van der Waals surface area contributed by atoms with Gasteiger partial charge in [0.25, 0.3) is 0 Å². The molecule has 6 nitrogen and oxygen atoms in total. The molecular weight excluding hydrogens is 513 g/mol. The van der Waals surface area contributed by atoms with Crippen LogP contribution in [0.5, 0.6) is 0 Å². The molecule has 214 valence electrons. The Bertz CT molecular complexity index is 1490. The quantitative estimate of drug-likeness (QED) is 0.266. The molecule has 6 rings (SSSR count). The van der Waals surface area contributed by atoms with E-state index in [1.807, 2.05) is 12.1 Å². The second kappa shape index (κ2) is 10.5. The molecule has 2 N–H and O–H groups in total. The van der Waals surface area contributed by atoms with Crippen LogP contribution in [0.1, 0.15) is 75.5 Å². The number of aromatic nitrogens is 4. The van der Waals surface area contributed by atoms with Crippen molar-refractivity contribution in [3.05, 3.63) is 47.3 Å². The summed E-state index contributed by atoms with van der Waals surface area (Å²) in [7, 11) is 0. The van der Waals surface area contributed by atoms with Crippen LogP contribution in [0.25, 0.3) is 33.2 Å². The standard InChI is InChI=1S/C31H39F3N6/c1-18(2)28-24-13-23(21-7-10-39(11-8-21)16-20-6-12-40(17-20)19(3)4)26(31(32,33)34)14-27(24)37-29(28)22-5-9-35-30-25(22)15-36-38-30/h5,9,13-15,18-21,37H,6-8,10-12,16-17H2,1-4H3,(H,35,36,38). The van der Waals surface area contributed by atoms with Crippen LogP contribution in [0, 0.1) is 5.92 Å². The zero-order valence-corrected chi connectivity index (χ0v) is 23.8. The lowest BCUT2D eigenvalue weighted by molar-refractivity contribution is -0.138. The number of halogens is 3. The van der Waals surface area contributed by atoms with E-state index >= 15 is 0 Å². The molecule has 9 heteroatoms. The average Bonchev–Trinajstić information content (AvgIpc) is 3.65. The number of piperidine rings is 1. The lowest BCUT2D eigenvalue weighted by Crippen LogP contribution is -2.38. The number of nitrogens with zero attached hydrogens (tertiary/aromatic N) is 4. The molecule has 0 aliphatic carbocycles. The highest BCUT2D eigenvalue weighted by molar-refractivity contribution is 5.99. The van der Waals surface area contributed by atoms with Gasteiger partial charge in [-0.15, -0.1) is 0 Å². The van der Waals surface area contributed by atoms with Gasteiger partial charge in [0.2, 0.25) is 0 Å². The molecule has 0 radical (unpaired) electrons. The Hall–Kier alpha value is -2.91. The number of aromatic amines is 2. The molecule has 2 saturated heterocycles. The third-order valence-electron chi connectivity index (χ3n) is 9.11. The minimum Gasteiger partial charge on any atom is -0.354 e. The lowest BCUT2D eigenvalue weighted by atomic mass is 9.84. The number of rotatable bonds is 6. The number of hydrogen-bond donors (Lipinski definition) is 2. The molecule has 1 atom stereocenters. The summed E-state index contributed by atoms with van der Waals surface area (Å²) in [6.45, 7) is 13.7. The number of hydrogen-bond acceptors (Lipinski definition) is 4. The first-order chi connectivity index (χ1) is 19.1. The fourth-order valence-corrected chi connectivity index (χ4v) is 7.02. The second-order valence-electron chi connectivity index (χ2n) is 12.4. The first kappa shape index (κ1) is 27.3. The van der Waals surface area contributed by atoms with E-state index in [0.717, 1.165) is 73.2 Å². The summed E-state index contributed by atoms with van der Waals surface area (Å²) in [5, 5.41) is 8.75. The average molecular weight is 553 g/mol. The van der Waals surface area contributed by atoms with Crippen molar-refractivity contribution in [1.29, 1.82) is 0 Å². The largest absolute Gasteiger partial charge is 0.416 e. The summed E-state index contributed by atoms with van der Waals surface area (Å²) in [5.41, 5.74) is 3.89. The third kappa shape index (κ3) is 5.02. The summed E-state index contributed by atoms with van der Waals surface area (Å²) < 4.78 is 43.5. The fourth-order valence-electron chi connectivity index (χ4n) is 7.02. The van der Waals surface area contributed by atoms with E-state index in [9.17, 15) is 13.2 Å². The fraction of sp³-hybridized carbons (Fsp3) is 0.548. The van der Waals surface area contributed by atoms with E-state index < -0.39 is 11.7 Å². The van der Waals surface area contributed by atoms with E-state index in [1.165, 1.54) is 12.5 Å². The smallest absolute Gasteiger partial charge is 0.354 e. The maximum Gasteiger partial charge on any atom is 0.416 e. The number of benzene rings is 1. The molecule has 0 bridgehead atoms. The minimum absolute atomic E-state index is 0.104. The van der Waals surface area contributed by atoms with Crippen molar-refractivity contribution in [2.45, 2.75) is 71.0 Å². The Kier molecular flexibility index (Phi) is 7.15. The molecule has 5 heterocycles. The highest BCUT2D eigenvalue weighted by atomic mass is 19.4. The molecule has 4 aromatic rings. The van der Waals surface area contributed by atoms with Gasteiger partial charge in [0, 0.05) is 47.2 Å². The van der Waals surface area contributed by atoms with Crippen LogP contribution in [-0.4, -0.2) is 68.7 Å². The highest BCUT2D eigenvalue weighted by Gasteiger charge is 2.38. The molecule has 1 unspecified atom stereocenters. The number of fused-ring (bicyclic) bond motifs is 2. The van der Waals surface area contributed by atoms with Crippen LogP contribution in [0.2, 0.25) is 0 Å². The number of alkyl halides is 3. The van der Waals surface area contributed by atoms with Gasteiger partial charge in [0.1, 0.15) is 0 Å². The molecule has 2 fully saturated rings. The zero-order valence-electron chi connectivity index (χ0n) is 23.8. The Morgan fingerprint density at radius 1 is 1.02 bits per heavy atom. The molecule has 2 aliphatic heterocycles. The normalized spacial score (nSPS) is 20.2. The van der Waals surface area contributed by atoms with Crippen LogP contribution < -0.4 is 0 Å². The number of pyridine rings is 1. The van der Waals surface area contributed by atoms with Gasteiger partial charge in [-0.2, -0.15) is 18.3 Å². The zero-order chi connectivity index (χ0) is 28.2. The third-order valence-corrected chi connectivity index (χ3v) is 9.11. The van der Waals surface area contributed by atoms with Gasteiger partial charge in [-0.3, -0.25) is 5.10 Å². The second-order valence-corrected chi connectivity index (χ2v) is 12.4. The minimum atomic E-state index is -4.41. The summed E-state index contributed by atoms with van der Waals surface area (Å²) in [4.78, 5) is 12.7.